The zero-order valence-corrected chi connectivity index (χ0v) is 21.5. The van der Waals surface area contributed by atoms with E-state index >= 15 is 0 Å². The molecule has 2 N–H and O–H groups in total. The van der Waals surface area contributed by atoms with E-state index < -0.39 is 30.4 Å². The number of nitrogens with one attached hydrogen (secondary N) is 1. The molecule has 0 aliphatic heterocycles. The molecular weight excluding hydrogens is 513 g/mol. The average molecular weight is 541 g/mol. The van der Waals surface area contributed by atoms with Gasteiger partial charge in [0.05, 0.1) is 11.7 Å². The Kier molecular flexibility index (Phi) is 8.13. The maximum atomic E-state index is 13.0. The van der Waals surface area contributed by atoms with Crippen LogP contribution in [0.25, 0.3) is 11.4 Å². The van der Waals surface area contributed by atoms with Gasteiger partial charge in [0, 0.05) is 11.8 Å². The lowest BCUT2D eigenvalue weighted by atomic mass is 10.1. The fourth-order valence-electron chi connectivity index (χ4n) is 3.86. The van der Waals surface area contributed by atoms with E-state index in [-0.39, 0.29) is 6.10 Å². The number of carbonyl (C=O) groups is 1. The third-order valence-corrected chi connectivity index (χ3v) is 5.66. The van der Waals surface area contributed by atoms with Crippen LogP contribution in [0.1, 0.15) is 42.3 Å². The fraction of sp³-hybridized carbons (Fsp3) is 0.241. The van der Waals surface area contributed by atoms with E-state index in [1.807, 2.05) is 38.1 Å². The Morgan fingerprint density at radius 2 is 1.64 bits per heavy atom. The Labute approximate surface area is 223 Å². The lowest BCUT2D eigenvalue weighted by Crippen LogP contribution is -2.12. The lowest BCUT2D eigenvalue weighted by Gasteiger charge is -2.19. The van der Waals surface area contributed by atoms with Crippen LogP contribution in [0.4, 0.5) is 13.2 Å². The molecule has 0 spiro atoms. The number of imidazole rings is 1. The van der Waals surface area contributed by atoms with Crippen LogP contribution in [-0.2, 0) is 11.0 Å². The summed E-state index contributed by atoms with van der Waals surface area (Å²) in [4.78, 5) is 18.5. The first kappa shape index (κ1) is 27.6. The SMILES string of the molecule is Cc1cc(OC(c2ccc(OC(C)C)cc2)c2c[nH]c(-c3ccc(C(F)(F)F)cc3)n2)ccc1OCC(=O)O. The summed E-state index contributed by atoms with van der Waals surface area (Å²) >= 11 is 0. The van der Waals surface area contributed by atoms with Gasteiger partial charge in [0.1, 0.15) is 28.8 Å². The predicted molar refractivity (Wildman–Crippen MR) is 138 cm³/mol. The zero-order chi connectivity index (χ0) is 28.2. The monoisotopic (exact) mass is 540 g/mol. The Balaban J connectivity index is 1.64. The molecule has 0 saturated carbocycles. The number of halogens is 3. The first-order valence-electron chi connectivity index (χ1n) is 12.1. The third kappa shape index (κ3) is 7.10. The van der Waals surface area contributed by atoms with E-state index in [1.54, 1.807) is 31.3 Å². The molecule has 1 aromatic heterocycles. The highest BCUT2D eigenvalue weighted by Gasteiger charge is 2.30. The van der Waals surface area contributed by atoms with Gasteiger partial charge in [-0.25, -0.2) is 9.78 Å². The van der Waals surface area contributed by atoms with Crippen molar-refractivity contribution in [2.75, 3.05) is 6.61 Å². The number of nitrogens with zero attached hydrogens (tertiary/aromatic N) is 1. The minimum absolute atomic E-state index is 0.00497. The molecule has 0 aliphatic rings. The van der Waals surface area contributed by atoms with E-state index in [0.717, 1.165) is 17.7 Å². The second kappa shape index (κ2) is 11.5. The summed E-state index contributed by atoms with van der Waals surface area (Å²) in [5, 5.41) is 8.87. The number of hydrogen-bond donors (Lipinski definition) is 2. The van der Waals surface area contributed by atoms with Crippen molar-refractivity contribution < 1.29 is 37.3 Å². The van der Waals surface area contributed by atoms with Gasteiger partial charge in [-0.15, -0.1) is 0 Å². The largest absolute Gasteiger partial charge is 0.491 e. The summed E-state index contributed by atoms with van der Waals surface area (Å²) in [6.07, 6.45) is -3.45. The van der Waals surface area contributed by atoms with Gasteiger partial charge in [0.25, 0.3) is 0 Å². The predicted octanol–water partition coefficient (Wildman–Crippen LogP) is 6.82. The van der Waals surface area contributed by atoms with E-state index in [2.05, 4.69) is 9.97 Å². The van der Waals surface area contributed by atoms with Gasteiger partial charge in [-0.05, 0) is 74.4 Å². The Morgan fingerprint density at radius 1 is 0.974 bits per heavy atom. The quantitative estimate of drug-likeness (QED) is 0.229. The normalized spacial score (nSPS) is 12.3. The van der Waals surface area contributed by atoms with Crippen molar-refractivity contribution in [2.24, 2.45) is 0 Å². The second-order valence-electron chi connectivity index (χ2n) is 9.09. The van der Waals surface area contributed by atoms with Crippen molar-refractivity contribution in [1.82, 2.24) is 9.97 Å². The van der Waals surface area contributed by atoms with Crippen LogP contribution in [0.15, 0.2) is 72.9 Å². The number of aliphatic carboxylic acids is 1. The molecule has 10 heteroatoms. The molecule has 204 valence electrons. The van der Waals surface area contributed by atoms with Crippen LogP contribution < -0.4 is 14.2 Å². The molecule has 7 nitrogen and oxygen atoms in total. The number of rotatable bonds is 10. The molecule has 4 rings (SSSR count). The highest BCUT2D eigenvalue weighted by atomic mass is 19.4. The number of carboxylic acids is 1. The van der Waals surface area contributed by atoms with E-state index in [0.29, 0.717) is 39.9 Å². The number of hydrogen-bond acceptors (Lipinski definition) is 5. The van der Waals surface area contributed by atoms with Crippen LogP contribution in [0.3, 0.4) is 0 Å². The summed E-state index contributed by atoms with van der Waals surface area (Å²) in [5.74, 6) is 0.904. The maximum Gasteiger partial charge on any atom is 0.416 e. The van der Waals surface area contributed by atoms with Crippen LogP contribution in [-0.4, -0.2) is 33.8 Å². The minimum atomic E-state index is -4.43. The molecule has 0 radical (unpaired) electrons. The Bertz CT molecular complexity index is 1410. The molecule has 4 aromatic rings. The number of benzene rings is 3. The second-order valence-corrected chi connectivity index (χ2v) is 9.09. The first-order chi connectivity index (χ1) is 18.5. The van der Waals surface area contributed by atoms with Gasteiger partial charge in [-0.2, -0.15) is 13.2 Å². The molecule has 0 amide bonds. The van der Waals surface area contributed by atoms with Gasteiger partial charge in [-0.3, -0.25) is 0 Å². The third-order valence-electron chi connectivity index (χ3n) is 5.66. The fourth-order valence-corrected chi connectivity index (χ4v) is 3.86. The molecule has 39 heavy (non-hydrogen) atoms. The molecule has 1 unspecified atom stereocenters. The summed E-state index contributed by atoms with van der Waals surface area (Å²) in [7, 11) is 0. The Hall–Kier alpha value is -4.47. The summed E-state index contributed by atoms with van der Waals surface area (Å²) in [5.41, 5.74) is 1.70. The first-order valence-corrected chi connectivity index (χ1v) is 12.1. The summed E-state index contributed by atoms with van der Waals surface area (Å²) in [6.45, 7) is 5.17. The smallest absolute Gasteiger partial charge is 0.416 e. The minimum Gasteiger partial charge on any atom is -0.491 e. The van der Waals surface area contributed by atoms with Gasteiger partial charge in [-0.1, -0.05) is 24.3 Å². The number of aromatic amines is 1. The molecule has 3 aromatic carbocycles. The number of aryl methyl sites for hydroxylation is 1. The molecule has 0 bridgehead atoms. The standard InChI is InChI=1S/C29H27F3N2O5/c1-17(2)38-22-10-6-19(7-11-22)27(39-23-12-13-25(18(3)14-23)37-16-26(35)36)24-15-33-28(34-24)20-4-8-21(9-5-20)29(30,31)32/h4-15,17,27H,16H2,1-3H3,(H,33,34)(H,35,36). The number of ether oxygens (including phenoxy) is 3. The van der Waals surface area contributed by atoms with E-state index in [4.69, 9.17) is 19.3 Å². The lowest BCUT2D eigenvalue weighted by molar-refractivity contribution is -0.139. The van der Waals surface area contributed by atoms with Crippen LogP contribution >= 0.6 is 0 Å². The molecule has 0 saturated heterocycles. The van der Waals surface area contributed by atoms with Crippen molar-refractivity contribution in [3.63, 3.8) is 0 Å². The number of carboxylic acid groups (broad SMARTS) is 1. The summed E-state index contributed by atoms with van der Waals surface area (Å²) < 4.78 is 56.3. The van der Waals surface area contributed by atoms with Gasteiger partial charge >= 0.3 is 12.1 Å². The van der Waals surface area contributed by atoms with Crippen molar-refractivity contribution in [3.05, 3.63) is 95.3 Å². The molecule has 1 heterocycles. The number of alkyl halides is 3. The molecule has 0 fully saturated rings. The molecule has 0 aliphatic carbocycles. The molecule has 1 atom stereocenters. The number of H-pyrrole nitrogens is 1. The van der Waals surface area contributed by atoms with Gasteiger partial charge in [0.2, 0.25) is 0 Å². The van der Waals surface area contributed by atoms with Crippen molar-refractivity contribution in [1.29, 1.82) is 0 Å². The topological polar surface area (TPSA) is 93.7 Å². The van der Waals surface area contributed by atoms with Crippen LogP contribution in [0.2, 0.25) is 0 Å². The maximum absolute atomic E-state index is 13.0. The van der Waals surface area contributed by atoms with Gasteiger partial charge < -0.3 is 24.3 Å². The van der Waals surface area contributed by atoms with E-state index in [1.165, 1.54) is 12.1 Å². The molecular formula is C29H27F3N2O5. The van der Waals surface area contributed by atoms with Gasteiger partial charge in [0.15, 0.2) is 12.7 Å². The summed E-state index contributed by atoms with van der Waals surface area (Å²) in [6, 6.07) is 17.1. The number of aromatic nitrogens is 2. The highest BCUT2D eigenvalue weighted by molar-refractivity contribution is 5.68. The van der Waals surface area contributed by atoms with Crippen molar-refractivity contribution >= 4 is 5.97 Å². The van der Waals surface area contributed by atoms with Crippen molar-refractivity contribution in [3.8, 4) is 28.6 Å². The van der Waals surface area contributed by atoms with Crippen molar-refractivity contribution in [2.45, 2.75) is 39.2 Å². The highest BCUT2D eigenvalue weighted by Crippen LogP contribution is 2.34. The van der Waals surface area contributed by atoms with Crippen LogP contribution in [0.5, 0.6) is 17.2 Å². The Morgan fingerprint density at radius 3 is 2.23 bits per heavy atom. The van der Waals surface area contributed by atoms with E-state index in [9.17, 15) is 18.0 Å². The van der Waals surface area contributed by atoms with Crippen LogP contribution in [0, 0.1) is 6.92 Å². The average Bonchev–Trinajstić information content (AvgIpc) is 3.36. The zero-order valence-electron chi connectivity index (χ0n) is 21.5.